The fourth-order valence-corrected chi connectivity index (χ4v) is 3.38. The second kappa shape index (κ2) is 6.83. The normalized spacial score (nSPS) is 17.0. The summed E-state index contributed by atoms with van der Waals surface area (Å²) in [6, 6.07) is 11.3. The summed E-state index contributed by atoms with van der Waals surface area (Å²) < 4.78 is 1.60. The van der Waals surface area contributed by atoms with Crippen molar-refractivity contribution >= 4 is 50.5 Å². The van der Waals surface area contributed by atoms with E-state index in [-0.39, 0.29) is 12.0 Å². The Morgan fingerprint density at radius 3 is 3.00 bits per heavy atom. The molecule has 114 valence electrons. The number of hydrogen-bond donors (Lipinski definition) is 2. The van der Waals surface area contributed by atoms with Crippen LogP contribution in [0.25, 0.3) is 5.70 Å². The summed E-state index contributed by atoms with van der Waals surface area (Å²) in [4.78, 5) is 18.0. The standard InChI is InChI=1S/C15H12BrClN2O2S/c16-10-3-1-2-9(6-10)12-7-11(21-19-12)8-18-15(20)13-4-5-14(17)22-13/h1-7,11,19H,8H2,(H,18,20). The average Bonchev–Trinajstić information content (AvgIpc) is 3.14. The molecule has 0 radical (unpaired) electrons. The zero-order chi connectivity index (χ0) is 15.5. The van der Waals surface area contributed by atoms with Gasteiger partial charge in [0, 0.05) is 10.0 Å². The van der Waals surface area contributed by atoms with Crippen LogP contribution in [-0.4, -0.2) is 18.6 Å². The van der Waals surface area contributed by atoms with Crippen LogP contribution < -0.4 is 10.8 Å². The van der Waals surface area contributed by atoms with Crippen molar-refractivity contribution in [3.8, 4) is 0 Å². The molecule has 0 saturated heterocycles. The van der Waals surface area contributed by atoms with Gasteiger partial charge in [0.05, 0.1) is 21.5 Å². The van der Waals surface area contributed by atoms with Crippen molar-refractivity contribution in [3.63, 3.8) is 0 Å². The van der Waals surface area contributed by atoms with Gasteiger partial charge in [0.25, 0.3) is 5.91 Å². The highest BCUT2D eigenvalue weighted by atomic mass is 79.9. The quantitative estimate of drug-likeness (QED) is 0.821. The van der Waals surface area contributed by atoms with Crippen LogP contribution in [0.3, 0.4) is 0 Å². The van der Waals surface area contributed by atoms with Gasteiger partial charge in [-0.3, -0.25) is 15.1 Å². The Kier molecular flexibility index (Phi) is 4.83. The second-order valence-corrected chi connectivity index (χ2v) is 7.29. The van der Waals surface area contributed by atoms with Crippen molar-refractivity contribution in [3.05, 3.63) is 61.7 Å². The molecule has 2 heterocycles. The number of thiophene rings is 1. The number of carbonyl (C=O) groups is 1. The van der Waals surface area contributed by atoms with Crippen LogP contribution in [0.15, 0.2) is 46.9 Å². The summed E-state index contributed by atoms with van der Waals surface area (Å²) in [5.41, 5.74) is 4.80. The SMILES string of the molecule is O=C(NCC1C=C(c2cccc(Br)c2)NO1)c1ccc(Cl)s1. The van der Waals surface area contributed by atoms with Crippen molar-refractivity contribution in [2.45, 2.75) is 6.10 Å². The lowest BCUT2D eigenvalue weighted by atomic mass is 10.1. The van der Waals surface area contributed by atoms with Crippen LogP contribution in [0, 0.1) is 0 Å². The highest BCUT2D eigenvalue weighted by Crippen LogP contribution is 2.22. The molecule has 0 saturated carbocycles. The van der Waals surface area contributed by atoms with Gasteiger partial charge in [0.1, 0.15) is 6.10 Å². The first-order chi connectivity index (χ1) is 10.6. The van der Waals surface area contributed by atoms with Crippen LogP contribution in [0.1, 0.15) is 15.2 Å². The minimum absolute atomic E-state index is 0.148. The Balaban J connectivity index is 1.59. The van der Waals surface area contributed by atoms with Crippen LogP contribution in [-0.2, 0) is 4.84 Å². The fraction of sp³-hybridized carbons (Fsp3) is 0.133. The maximum atomic E-state index is 11.9. The van der Waals surface area contributed by atoms with Gasteiger partial charge >= 0.3 is 0 Å². The highest BCUT2D eigenvalue weighted by molar-refractivity contribution is 9.10. The molecule has 2 N–H and O–H groups in total. The summed E-state index contributed by atoms with van der Waals surface area (Å²) in [5.74, 6) is -0.148. The van der Waals surface area contributed by atoms with E-state index in [0.717, 1.165) is 15.7 Å². The Bertz CT molecular complexity index is 732. The molecule has 1 atom stereocenters. The van der Waals surface area contributed by atoms with E-state index in [9.17, 15) is 4.79 Å². The van der Waals surface area contributed by atoms with Crippen molar-refractivity contribution in [1.29, 1.82) is 0 Å². The fourth-order valence-electron chi connectivity index (χ4n) is 2.02. The molecule has 1 unspecified atom stereocenters. The molecule has 0 fully saturated rings. The van der Waals surface area contributed by atoms with E-state index in [1.165, 1.54) is 11.3 Å². The van der Waals surface area contributed by atoms with Crippen LogP contribution >= 0.6 is 38.9 Å². The Morgan fingerprint density at radius 1 is 1.41 bits per heavy atom. The van der Waals surface area contributed by atoms with Crippen molar-refractivity contribution < 1.29 is 9.63 Å². The van der Waals surface area contributed by atoms with E-state index in [0.29, 0.717) is 15.8 Å². The number of nitrogens with one attached hydrogen (secondary N) is 2. The summed E-state index contributed by atoms with van der Waals surface area (Å²) in [6.07, 6.45) is 1.73. The third-order valence-electron chi connectivity index (χ3n) is 3.07. The van der Waals surface area contributed by atoms with Crippen molar-refractivity contribution in [1.82, 2.24) is 10.8 Å². The van der Waals surface area contributed by atoms with E-state index in [1.807, 2.05) is 30.3 Å². The molecule has 0 aliphatic carbocycles. The zero-order valence-electron chi connectivity index (χ0n) is 11.3. The van der Waals surface area contributed by atoms with E-state index < -0.39 is 0 Å². The van der Waals surface area contributed by atoms with E-state index in [1.54, 1.807) is 12.1 Å². The van der Waals surface area contributed by atoms with Crippen LogP contribution in [0.4, 0.5) is 0 Å². The maximum absolute atomic E-state index is 11.9. The monoisotopic (exact) mass is 398 g/mol. The number of rotatable bonds is 4. The Labute approximate surface area is 145 Å². The zero-order valence-corrected chi connectivity index (χ0v) is 14.5. The molecule has 2 aromatic rings. The predicted octanol–water partition coefficient (Wildman–Crippen LogP) is 3.84. The van der Waals surface area contributed by atoms with Gasteiger partial charge in [0.2, 0.25) is 0 Å². The smallest absolute Gasteiger partial charge is 0.261 e. The van der Waals surface area contributed by atoms with Gasteiger partial charge in [-0.2, -0.15) is 0 Å². The number of benzene rings is 1. The topological polar surface area (TPSA) is 50.4 Å². The molecule has 4 nitrogen and oxygen atoms in total. The molecule has 1 aliphatic heterocycles. The summed E-state index contributed by atoms with van der Waals surface area (Å²) >= 11 is 10.5. The molecule has 1 aromatic carbocycles. The minimum Gasteiger partial charge on any atom is -0.348 e. The molecule has 1 amide bonds. The highest BCUT2D eigenvalue weighted by Gasteiger charge is 2.19. The number of hydroxylamine groups is 1. The molecule has 3 rings (SSSR count). The summed E-state index contributed by atoms with van der Waals surface area (Å²) in [6.45, 7) is 0.388. The lowest BCUT2D eigenvalue weighted by molar-refractivity contribution is 0.0499. The van der Waals surface area contributed by atoms with Crippen LogP contribution in [0.2, 0.25) is 4.34 Å². The third-order valence-corrected chi connectivity index (χ3v) is 4.79. The molecule has 22 heavy (non-hydrogen) atoms. The summed E-state index contributed by atoms with van der Waals surface area (Å²) in [7, 11) is 0. The first-order valence-corrected chi connectivity index (χ1v) is 8.53. The van der Waals surface area contributed by atoms with Gasteiger partial charge in [0.15, 0.2) is 0 Å². The lowest BCUT2D eigenvalue weighted by Crippen LogP contribution is -2.31. The van der Waals surface area contributed by atoms with E-state index >= 15 is 0 Å². The average molecular weight is 400 g/mol. The maximum Gasteiger partial charge on any atom is 0.261 e. The molecule has 0 spiro atoms. The van der Waals surface area contributed by atoms with Gasteiger partial charge < -0.3 is 5.32 Å². The Morgan fingerprint density at radius 2 is 2.27 bits per heavy atom. The summed E-state index contributed by atoms with van der Waals surface area (Å²) in [5, 5.41) is 2.83. The molecular formula is C15H12BrClN2O2S. The largest absolute Gasteiger partial charge is 0.348 e. The number of hydrogen-bond acceptors (Lipinski definition) is 4. The van der Waals surface area contributed by atoms with E-state index in [2.05, 4.69) is 26.7 Å². The van der Waals surface area contributed by atoms with Gasteiger partial charge in [-0.1, -0.05) is 39.7 Å². The lowest BCUT2D eigenvalue weighted by Gasteiger charge is -2.08. The van der Waals surface area contributed by atoms with E-state index in [4.69, 9.17) is 16.4 Å². The van der Waals surface area contributed by atoms with Crippen molar-refractivity contribution in [2.75, 3.05) is 6.54 Å². The third kappa shape index (κ3) is 3.70. The van der Waals surface area contributed by atoms with Crippen LogP contribution in [0.5, 0.6) is 0 Å². The van der Waals surface area contributed by atoms with Gasteiger partial charge in [-0.15, -0.1) is 11.3 Å². The number of carbonyl (C=O) groups excluding carboxylic acids is 1. The molecule has 7 heteroatoms. The first-order valence-electron chi connectivity index (χ1n) is 6.55. The Hall–Kier alpha value is -1.34. The van der Waals surface area contributed by atoms with Crippen molar-refractivity contribution in [2.24, 2.45) is 0 Å². The number of halogens is 2. The molecule has 0 bridgehead atoms. The first kappa shape index (κ1) is 15.6. The minimum atomic E-state index is -0.214. The van der Waals surface area contributed by atoms with Gasteiger partial charge in [-0.25, -0.2) is 0 Å². The molecular weight excluding hydrogens is 388 g/mol. The predicted molar refractivity (Wildman–Crippen MR) is 91.8 cm³/mol. The molecule has 1 aliphatic rings. The molecule has 1 aromatic heterocycles. The van der Waals surface area contributed by atoms with Gasteiger partial charge in [-0.05, 0) is 30.3 Å². The number of amides is 1. The second-order valence-electron chi connectivity index (χ2n) is 4.66.